The van der Waals surface area contributed by atoms with Gasteiger partial charge in [0.15, 0.2) is 0 Å². The fourth-order valence-corrected chi connectivity index (χ4v) is 3.18. The van der Waals surface area contributed by atoms with Gasteiger partial charge in [-0.1, -0.05) is 63.2 Å². The van der Waals surface area contributed by atoms with Crippen LogP contribution in [0.15, 0.2) is 59.4 Å². The van der Waals surface area contributed by atoms with E-state index in [1.807, 2.05) is 43.3 Å². The summed E-state index contributed by atoms with van der Waals surface area (Å²) in [5, 5.41) is 13.7. The fraction of sp³-hybridized carbons (Fsp3) is 0.333. The minimum atomic E-state index is -0.115. The lowest BCUT2D eigenvalue weighted by Crippen LogP contribution is -2.31. The molecule has 0 aliphatic heterocycles. The van der Waals surface area contributed by atoms with Gasteiger partial charge in [0.25, 0.3) is 5.56 Å². The average Bonchev–Trinajstić information content (AvgIpc) is 2.67. The summed E-state index contributed by atoms with van der Waals surface area (Å²) >= 11 is 0. The van der Waals surface area contributed by atoms with Gasteiger partial charge in [-0.2, -0.15) is 0 Å². The van der Waals surface area contributed by atoms with Crippen molar-refractivity contribution < 1.29 is 5.11 Å². The Morgan fingerprint density at radius 2 is 1.69 bits per heavy atom. The molecule has 0 unspecified atom stereocenters. The van der Waals surface area contributed by atoms with Gasteiger partial charge in [0, 0.05) is 13.1 Å². The first kappa shape index (κ1) is 20.6. The van der Waals surface area contributed by atoms with Crippen molar-refractivity contribution >= 4 is 5.69 Å². The topological polar surface area (TPSA) is 67.2 Å². The summed E-state index contributed by atoms with van der Waals surface area (Å²) in [6.45, 7) is 9.33. The predicted molar refractivity (Wildman–Crippen MR) is 118 cm³/mol. The molecule has 5 heteroatoms. The van der Waals surface area contributed by atoms with E-state index < -0.39 is 0 Å². The van der Waals surface area contributed by atoms with Crippen molar-refractivity contribution in [2.24, 2.45) is 5.41 Å². The zero-order chi connectivity index (χ0) is 21.0. The number of phenols is 1. The maximum atomic E-state index is 13.4. The van der Waals surface area contributed by atoms with Crippen LogP contribution in [0.1, 0.15) is 32.0 Å². The molecule has 0 spiro atoms. The molecule has 0 atom stereocenters. The van der Waals surface area contributed by atoms with Crippen LogP contribution in [0, 0.1) is 12.3 Å². The average molecular weight is 392 g/mol. The van der Waals surface area contributed by atoms with Crippen molar-refractivity contribution in [1.29, 1.82) is 0 Å². The predicted octanol–water partition coefficient (Wildman–Crippen LogP) is 4.63. The van der Waals surface area contributed by atoms with E-state index in [4.69, 9.17) is 4.98 Å². The Kier molecular flexibility index (Phi) is 6.06. The molecule has 1 heterocycles. The lowest BCUT2D eigenvalue weighted by molar-refractivity contribution is 0.442. The number of rotatable bonds is 6. The van der Waals surface area contributed by atoms with Crippen LogP contribution in [0.3, 0.4) is 0 Å². The molecule has 3 rings (SSSR count). The first-order chi connectivity index (χ1) is 13.8. The Labute approximate surface area is 172 Å². The monoisotopic (exact) mass is 391 g/mol. The van der Waals surface area contributed by atoms with Gasteiger partial charge in [-0.15, -0.1) is 0 Å². The molecule has 152 valence electrons. The van der Waals surface area contributed by atoms with Crippen LogP contribution in [0.2, 0.25) is 0 Å². The molecule has 2 N–H and O–H groups in total. The van der Waals surface area contributed by atoms with E-state index in [2.05, 4.69) is 26.1 Å². The van der Waals surface area contributed by atoms with E-state index in [0.717, 1.165) is 5.56 Å². The van der Waals surface area contributed by atoms with Crippen molar-refractivity contribution in [1.82, 2.24) is 9.55 Å². The highest BCUT2D eigenvalue weighted by molar-refractivity contribution is 5.65. The number of benzene rings is 2. The smallest absolute Gasteiger partial charge is 0.277 e. The minimum Gasteiger partial charge on any atom is -0.507 e. The molecule has 0 amide bonds. The first-order valence-corrected chi connectivity index (χ1v) is 9.94. The summed E-state index contributed by atoms with van der Waals surface area (Å²) in [4.78, 5) is 18.1. The van der Waals surface area contributed by atoms with Crippen molar-refractivity contribution in [2.45, 2.75) is 40.7 Å². The van der Waals surface area contributed by atoms with E-state index in [9.17, 15) is 9.90 Å². The number of hydrogen-bond donors (Lipinski definition) is 2. The lowest BCUT2D eigenvalue weighted by Gasteiger charge is -2.22. The van der Waals surface area contributed by atoms with Gasteiger partial charge in [0.1, 0.15) is 17.3 Å². The van der Waals surface area contributed by atoms with Crippen LogP contribution in [0.5, 0.6) is 5.75 Å². The third kappa shape index (κ3) is 5.05. The van der Waals surface area contributed by atoms with Crippen LogP contribution in [0.25, 0.3) is 11.4 Å². The SMILES string of the molecule is Cc1nc(-c2ccccc2O)n(CCc2ccccc2)c(=O)c1NCC(C)(C)C. The molecule has 2 aromatic carbocycles. The largest absolute Gasteiger partial charge is 0.507 e. The number of nitrogens with zero attached hydrogens (tertiary/aromatic N) is 2. The number of anilines is 1. The third-order valence-electron chi connectivity index (χ3n) is 4.76. The number of hydrogen-bond acceptors (Lipinski definition) is 4. The molecule has 5 nitrogen and oxygen atoms in total. The molecule has 0 bridgehead atoms. The van der Waals surface area contributed by atoms with Crippen molar-refractivity contribution in [3.05, 3.63) is 76.2 Å². The number of aryl methyl sites for hydroxylation is 2. The summed E-state index contributed by atoms with van der Waals surface area (Å²) in [5.41, 5.74) is 2.77. The highest BCUT2D eigenvalue weighted by Crippen LogP contribution is 2.28. The first-order valence-electron chi connectivity index (χ1n) is 9.94. The Bertz CT molecular complexity index is 1030. The lowest BCUT2D eigenvalue weighted by atomic mass is 9.97. The van der Waals surface area contributed by atoms with E-state index in [0.29, 0.717) is 42.3 Å². The van der Waals surface area contributed by atoms with Crippen molar-refractivity contribution in [3.8, 4) is 17.1 Å². The van der Waals surface area contributed by atoms with E-state index in [-0.39, 0.29) is 16.7 Å². The molecule has 0 radical (unpaired) electrons. The van der Waals surface area contributed by atoms with Gasteiger partial charge in [-0.05, 0) is 36.5 Å². The van der Waals surface area contributed by atoms with Gasteiger partial charge < -0.3 is 10.4 Å². The highest BCUT2D eigenvalue weighted by atomic mass is 16.3. The summed E-state index contributed by atoms with van der Waals surface area (Å²) in [5.74, 6) is 0.602. The number of aromatic nitrogens is 2. The van der Waals surface area contributed by atoms with E-state index in [1.54, 1.807) is 22.8 Å². The number of aromatic hydroxyl groups is 1. The standard InChI is InChI=1S/C24H29N3O2/c1-17-21(25-16-24(2,3)4)23(29)27(15-14-18-10-6-5-7-11-18)22(26-17)19-12-8-9-13-20(19)28/h5-13,25,28H,14-16H2,1-4H3. The van der Waals surface area contributed by atoms with Crippen LogP contribution < -0.4 is 10.9 Å². The van der Waals surface area contributed by atoms with Crippen molar-refractivity contribution in [3.63, 3.8) is 0 Å². The van der Waals surface area contributed by atoms with Gasteiger partial charge in [0.05, 0.1) is 11.3 Å². The molecule has 29 heavy (non-hydrogen) atoms. The van der Waals surface area contributed by atoms with Gasteiger partial charge in [0.2, 0.25) is 0 Å². The van der Waals surface area contributed by atoms with Gasteiger partial charge in [-0.25, -0.2) is 4.98 Å². The van der Waals surface area contributed by atoms with Crippen LogP contribution in [0.4, 0.5) is 5.69 Å². The summed E-state index contributed by atoms with van der Waals surface area (Å²) in [7, 11) is 0. The van der Waals surface area contributed by atoms with Crippen LogP contribution in [-0.2, 0) is 13.0 Å². The second-order valence-electron chi connectivity index (χ2n) is 8.52. The van der Waals surface area contributed by atoms with E-state index in [1.165, 1.54) is 0 Å². The molecule has 0 aliphatic carbocycles. The van der Waals surface area contributed by atoms with Gasteiger partial charge >= 0.3 is 0 Å². The van der Waals surface area contributed by atoms with E-state index >= 15 is 0 Å². The zero-order valence-electron chi connectivity index (χ0n) is 17.6. The molecule has 0 fully saturated rings. The molecule has 1 aromatic heterocycles. The number of para-hydroxylation sites is 1. The normalized spacial score (nSPS) is 11.4. The second kappa shape index (κ2) is 8.52. The molecular formula is C24H29N3O2. The summed E-state index contributed by atoms with van der Waals surface area (Å²) < 4.78 is 1.67. The minimum absolute atomic E-state index is 0.0319. The quantitative estimate of drug-likeness (QED) is 0.643. The van der Waals surface area contributed by atoms with Crippen molar-refractivity contribution in [2.75, 3.05) is 11.9 Å². The van der Waals surface area contributed by atoms with Crippen LogP contribution >= 0.6 is 0 Å². The maximum absolute atomic E-state index is 13.4. The summed E-state index contributed by atoms with van der Waals surface area (Å²) in [6.07, 6.45) is 0.699. The fourth-order valence-electron chi connectivity index (χ4n) is 3.18. The second-order valence-corrected chi connectivity index (χ2v) is 8.52. The van der Waals surface area contributed by atoms with Gasteiger partial charge in [-0.3, -0.25) is 9.36 Å². The molecule has 0 saturated carbocycles. The Balaban J connectivity index is 2.07. The molecule has 0 saturated heterocycles. The zero-order valence-corrected chi connectivity index (χ0v) is 17.6. The van der Waals surface area contributed by atoms with Crippen LogP contribution in [-0.4, -0.2) is 21.2 Å². The maximum Gasteiger partial charge on any atom is 0.277 e. The molecular weight excluding hydrogens is 362 g/mol. The Hall–Kier alpha value is -3.08. The number of nitrogens with one attached hydrogen (secondary N) is 1. The number of phenolic OH excluding ortho intramolecular Hbond substituents is 1. The summed E-state index contributed by atoms with van der Waals surface area (Å²) in [6, 6.07) is 17.1. The molecule has 0 aliphatic rings. The Morgan fingerprint density at radius 3 is 2.34 bits per heavy atom. The molecule has 3 aromatic rings. The third-order valence-corrected chi connectivity index (χ3v) is 4.76. The highest BCUT2D eigenvalue weighted by Gasteiger charge is 2.19. The Morgan fingerprint density at radius 1 is 1.03 bits per heavy atom.